The van der Waals surface area contributed by atoms with Gasteiger partial charge in [-0.05, 0) is 31.4 Å². The van der Waals surface area contributed by atoms with Crippen molar-refractivity contribution in [3.63, 3.8) is 0 Å². The second kappa shape index (κ2) is 4.65. The molecule has 0 spiro atoms. The SMILES string of the molecule is CC(NCCC(C)(C)C)c1ccoc1. The third kappa shape index (κ3) is 3.97. The van der Waals surface area contributed by atoms with Gasteiger partial charge in [-0.15, -0.1) is 0 Å². The first-order valence-corrected chi connectivity index (χ1v) is 5.24. The molecule has 0 aliphatic rings. The Balaban J connectivity index is 2.26. The molecule has 0 aliphatic carbocycles. The fraction of sp³-hybridized carbons (Fsp3) is 0.667. The topological polar surface area (TPSA) is 25.2 Å². The molecule has 0 bridgehead atoms. The zero-order valence-corrected chi connectivity index (χ0v) is 9.63. The van der Waals surface area contributed by atoms with Crippen LogP contribution in [0.25, 0.3) is 0 Å². The lowest BCUT2D eigenvalue weighted by atomic mass is 9.92. The summed E-state index contributed by atoms with van der Waals surface area (Å²) in [7, 11) is 0. The van der Waals surface area contributed by atoms with Crippen LogP contribution < -0.4 is 5.32 Å². The molecule has 0 radical (unpaired) electrons. The smallest absolute Gasteiger partial charge is 0.0950 e. The molecule has 0 amide bonds. The highest BCUT2D eigenvalue weighted by Crippen LogP contribution is 2.18. The van der Waals surface area contributed by atoms with Crippen LogP contribution in [-0.4, -0.2) is 6.54 Å². The minimum absolute atomic E-state index is 0.385. The van der Waals surface area contributed by atoms with Crippen molar-refractivity contribution in [1.29, 1.82) is 0 Å². The number of hydrogen-bond acceptors (Lipinski definition) is 2. The molecule has 0 saturated heterocycles. The lowest BCUT2D eigenvalue weighted by molar-refractivity contribution is 0.357. The van der Waals surface area contributed by atoms with Crippen molar-refractivity contribution >= 4 is 0 Å². The molecule has 1 aromatic rings. The Hall–Kier alpha value is -0.760. The van der Waals surface area contributed by atoms with Crippen molar-refractivity contribution in [2.24, 2.45) is 5.41 Å². The van der Waals surface area contributed by atoms with E-state index in [0.29, 0.717) is 11.5 Å². The Morgan fingerprint density at radius 2 is 2.14 bits per heavy atom. The molecule has 80 valence electrons. The molecule has 1 atom stereocenters. The van der Waals surface area contributed by atoms with E-state index in [2.05, 4.69) is 33.0 Å². The van der Waals surface area contributed by atoms with E-state index in [1.165, 1.54) is 12.0 Å². The summed E-state index contributed by atoms with van der Waals surface area (Å²) in [6.07, 6.45) is 4.71. The van der Waals surface area contributed by atoms with Crippen LogP contribution in [-0.2, 0) is 0 Å². The maximum absolute atomic E-state index is 5.04. The van der Waals surface area contributed by atoms with Gasteiger partial charge in [-0.3, -0.25) is 0 Å². The van der Waals surface area contributed by atoms with Crippen molar-refractivity contribution in [2.75, 3.05) is 6.54 Å². The van der Waals surface area contributed by atoms with Gasteiger partial charge in [0.05, 0.1) is 12.5 Å². The number of rotatable bonds is 4. The Morgan fingerprint density at radius 1 is 1.43 bits per heavy atom. The average molecular weight is 195 g/mol. The number of hydrogen-bond donors (Lipinski definition) is 1. The van der Waals surface area contributed by atoms with Gasteiger partial charge in [-0.1, -0.05) is 20.8 Å². The molecular weight excluding hydrogens is 174 g/mol. The van der Waals surface area contributed by atoms with Crippen molar-refractivity contribution in [1.82, 2.24) is 5.32 Å². The van der Waals surface area contributed by atoms with Crippen molar-refractivity contribution in [2.45, 2.75) is 40.2 Å². The summed E-state index contributed by atoms with van der Waals surface area (Å²) in [6, 6.07) is 2.39. The van der Waals surface area contributed by atoms with Gasteiger partial charge in [0.2, 0.25) is 0 Å². The van der Waals surface area contributed by atoms with E-state index in [4.69, 9.17) is 4.42 Å². The largest absolute Gasteiger partial charge is 0.472 e. The number of furan rings is 1. The van der Waals surface area contributed by atoms with Gasteiger partial charge in [-0.2, -0.15) is 0 Å². The summed E-state index contributed by atoms with van der Waals surface area (Å²) >= 11 is 0. The zero-order chi connectivity index (χ0) is 10.6. The van der Waals surface area contributed by atoms with E-state index in [0.717, 1.165) is 6.54 Å². The minimum atomic E-state index is 0.385. The molecule has 0 aliphatic heterocycles. The second-order valence-electron chi connectivity index (χ2n) is 5.04. The Morgan fingerprint density at radius 3 is 2.64 bits per heavy atom. The molecule has 1 rings (SSSR count). The Labute approximate surface area is 86.7 Å². The van der Waals surface area contributed by atoms with E-state index < -0.39 is 0 Å². The molecule has 2 heteroatoms. The van der Waals surface area contributed by atoms with Crippen LogP contribution >= 0.6 is 0 Å². The van der Waals surface area contributed by atoms with Crippen molar-refractivity contribution < 1.29 is 4.42 Å². The summed E-state index contributed by atoms with van der Waals surface area (Å²) < 4.78 is 5.04. The van der Waals surface area contributed by atoms with Crippen LogP contribution in [0.2, 0.25) is 0 Å². The highest BCUT2D eigenvalue weighted by Gasteiger charge is 2.11. The van der Waals surface area contributed by atoms with Gasteiger partial charge in [0.25, 0.3) is 0 Å². The van der Waals surface area contributed by atoms with E-state index in [1.807, 2.05) is 6.07 Å². The monoisotopic (exact) mass is 195 g/mol. The molecular formula is C12H21NO. The molecule has 14 heavy (non-hydrogen) atoms. The quantitative estimate of drug-likeness (QED) is 0.797. The van der Waals surface area contributed by atoms with Crippen molar-refractivity contribution in [3.05, 3.63) is 24.2 Å². The van der Waals surface area contributed by atoms with Gasteiger partial charge in [0.15, 0.2) is 0 Å². The summed E-state index contributed by atoms with van der Waals surface area (Å²) in [5.74, 6) is 0. The van der Waals surface area contributed by atoms with Crippen LogP contribution in [0, 0.1) is 5.41 Å². The van der Waals surface area contributed by atoms with Crippen LogP contribution in [0.15, 0.2) is 23.0 Å². The fourth-order valence-corrected chi connectivity index (χ4v) is 1.30. The Kier molecular flexibility index (Phi) is 3.76. The molecule has 0 aromatic carbocycles. The Bertz CT molecular complexity index is 246. The first kappa shape index (κ1) is 11.3. The van der Waals surface area contributed by atoms with Gasteiger partial charge in [0.1, 0.15) is 0 Å². The van der Waals surface area contributed by atoms with E-state index in [1.54, 1.807) is 12.5 Å². The standard InChI is InChI=1S/C12H21NO/c1-10(11-5-8-14-9-11)13-7-6-12(2,3)4/h5,8-10,13H,6-7H2,1-4H3. The van der Waals surface area contributed by atoms with E-state index in [-0.39, 0.29) is 0 Å². The molecule has 1 unspecified atom stereocenters. The summed E-state index contributed by atoms with van der Waals surface area (Å²) in [5.41, 5.74) is 1.63. The summed E-state index contributed by atoms with van der Waals surface area (Å²) in [5, 5.41) is 3.48. The summed E-state index contributed by atoms with van der Waals surface area (Å²) in [4.78, 5) is 0. The number of nitrogens with one attached hydrogen (secondary N) is 1. The first-order chi connectivity index (χ1) is 6.49. The van der Waals surface area contributed by atoms with Gasteiger partial charge < -0.3 is 9.73 Å². The van der Waals surface area contributed by atoms with E-state index >= 15 is 0 Å². The van der Waals surface area contributed by atoms with Crippen LogP contribution in [0.1, 0.15) is 45.7 Å². The maximum atomic E-state index is 5.04. The predicted molar refractivity (Wildman–Crippen MR) is 59.2 cm³/mol. The van der Waals surface area contributed by atoms with Crippen LogP contribution in [0.3, 0.4) is 0 Å². The lowest BCUT2D eigenvalue weighted by Gasteiger charge is -2.20. The molecule has 0 fully saturated rings. The van der Waals surface area contributed by atoms with E-state index in [9.17, 15) is 0 Å². The minimum Gasteiger partial charge on any atom is -0.472 e. The molecule has 1 heterocycles. The maximum Gasteiger partial charge on any atom is 0.0950 e. The van der Waals surface area contributed by atoms with Gasteiger partial charge in [-0.25, -0.2) is 0 Å². The van der Waals surface area contributed by atoms with Crippen LogP contribution in [0.4, 0.5) is 0 Å². The summed E-state index contributed by atoms with van der Waals surface area (Å²) in [6.45, 7) is 9.99. The molecule has 0 saturated carbocycles. The fourth-order valence-electron chi connectivity index (χ4n) is 1.30. The second-order valence-corrected chi connectivity index (χ2v) is 5.04. The van der Waals surface area contributed by atoms with Crippen molar-refractivity contribution in [3.8, 4) is 0 Å². The third-order valence-corrected chi connectivity index (χ3v) is 2.37. The molecule has 1 aromatic heterocycles. The van der Waals surface area contributed by atoms with Crippen LogP contribution in [0.5, 0.6) is 0 Å². The predicted octanol–water partition coefficient (Wildman–Crippen LogP) is 3.37. The highest BCUT2D eigenvalue weighted by molar-refractivity contribution is 5.10. The average Bonchev–Trinajstić information content (AvgIpc) is 2.53. The zero-order valence-electron chi connectivity index (χ0n) is 9.63. The highest BCUT2D eigenvalue weighted by atomic mass is 16.3. The third-order valence-electron chi connectivity index (χ3n) is 2.37. The normalized spacial score (nSPS) is 14.3. The first-order valence-electron chi connectivity index (χ1n) is 5.24. The van der Waals surface area contributed by atoms with Gasteiger partial charge >= 0.3 is 0 Å². The molecule has 2 nitrogen and oxygen atoms in total. The lowest BCUT2D eigenvalue weighted by Crippen LogP contribution is -2.23. The van der Waals surface area contributed by atoms with Gasteiger partial charge in [0, 0.05) is 11.6 Å². The molecule has 1 N–H and O–H groups in total.